The van der Waals surface area contributed by atoms with E-state index in [9.17, 15) is 4.79 Å². The van der Waals surface area contributed by atoms with E-state index in [1.807, 2.05) is 35.0 Å². The van der Waals surface area contributed by atoms with Gasteiger partial charge in [0.15, 0.2) is 11.5 Å². The quantitative estimate of drug-likeness (QED) is 0.713. The van der Waals surface area contributed by atoms with E-state index < -0.39 is 11.7 Å². The van der Waals surface area contributed by atoms with Gasteiger partial charge in [-0.2, -0.15) is 0 Å². The van der Waals surface area contributed by atoms with Gasteiger partial charge in [0.1, 0.15) is 11.1 Å². The second-order valence-electron chi connectivity index (χ2n) is 6.69. The Morgan fingerprint density at radius 2 is 1.96 bits per heavy atom. The van der Waals surface area contributed by atoms with E-state index in [1.165, 1.54) is 0 Å². The van der Waals surface area contributed by atoms with Gasteiger partial charge in [0.05, 0.1) is 6.20 Å². The van der Waals surface area contributed by atoms with E-state index in [-0.39, 0.29) is 0 Å². The molecule has 130 valence electrons. The van der Waals surface area contributed by atoms with E-state index in [2.05, 4.69) is 33.8 Å². The molecule has 0 aliphatic rings. The number of nitrogens with zero attached hydrogens (tertiary/aromatic N) is 3. The normalized spacial score (nSPS) is 11.4. The average molecular weight is 339 g/mol. The van der Waals surface area contributed by atoms with Gasteiger partial charge in [-0.25, -0.2) is 20.2 Å². The molecule has 0 saturated carbocycles. The van der Waals surface area contributed by atoms with Crippen LogP contribution >= 0.6 is 0 Å². The van der Waals surface area contributed by atoms with Crippen molar-refractivity contribution in [3.63, 3.8) is 0 Å². The van der Waals surface area contributed by atoms with Crippen molar-refractivity contribution in [3.8, 4) is 5.69 Å². The molecule has 2 aromatic heterocycles. The minimum atomic E-state index is -0.577. The Balaban J connectivity index is 1.79. The van der Waals surface area contributed by atoms with E-state index >= 15 is 0 Å². The Hall–Kier alpha value is -3.09. The summed E-state index contributed by atoms with van der Waals surface area (Å²) in [7, 11) is 0. The molecule has 7 heteroatoms. The predicted molar refractivity (Wildman–Crippen MR) is 96.6 cm³/mol. The van der Waals surface area contributed by atoms with Crippen LogP contribution in [0.15, 0.2) is 42.7 Å². The molecule has 0 atom stereocenters. The molecule has 3 aromatic rings. The highest BCUT2D eigenvalue weighted by Crippen LogP contribution is 2.20. The molecule has 2 heterocycles. The van der Waals surface area contributed by atoms with Crippen LogP contribution in [0.25, 0.3) is 16.9 Å². The monoisotopic (exact) mass is 339 g/mol. The van der Waals surface area contributed by atoms with Gasteiger partial charge in [0.2, 0.25) is 0 Å². The van der Waals surface area contributed by atoms with Crippen molar-refractivity contribution >= 4 is 23.1 Å². The number of fused-ring (bicyclic) bond motifs is 1. The molecule has 0 radical (unpaired) electrons. The zero-order chi connectivity index (χ0) is 18.0. The van der Waals surface area contributed by atoms with Gasteiger partial charge in [-0.15, -0.1) is 0 Å². The number of hydrogen-bond donors (Lipinski definition) is 2. The zero-order valence-electron chi connectivity index (χ0n) is 14.7. The molecular weight excluding hydrogens is 318 g/mol. The first-order valence-corrected chi connectivity index (χ1v) is 7.98. The second-order valence-corrected chi connectivity index (χ2v) is 6.69. The van der Waals surface area contributed by atoms with Crippen LogP contribution in [0.4, 0.5) is 10.6 Å². The van der Waals surface area contributed by atoms with E-state index in [1.54, 1.807) is 27.0 Å². The summed E-state index contributed by atoms with van der Waals surface area (Å²) < 4.78 is 7.15. The Kier molecular flexibility index (Phi) is 4.31. The number of ether oxygens (including phenoxy) is 1. The molecule has 2 N–H and O–H groups in total. The van der Waals surface area contributed by atoms with Crippen LogP contribution in [0, 0.1) is 6.92 Å². The lowest BCUT2D eigenvalue weighted by Crippen LogP contribution is -2.36. The Labute approximate surface area is 146 Å². The largest absolute Gasteiger partial charge is 0.443 e. The molecule has 1 amide bonds. The molecule has 0 bridgehead atoms. The molecule has 3 rings (SSSR count). The first kappa shape index (κ1) is 16.8. The summed E-state index contributed by atoms with van der Waals surface area (Å²) in [5.74, 6) is 0.431. The topological polar surface area (TPSA) is 81.1 Å². The number of hydrazine groups is 1. The Bertz CT molecular complexity index is 911. The third kappa shape index (κ3) is 3.88. The lowest BCUT2D eigenvalue weighted by Gasteiger charge is -2.19. The fraction of sp³-hybridized carbons (Fsp3) is 0.278. The predicted octanol–water partition coefficient (Wildman–Crippen LogP) is 3.58. The van der Waals surface area contributed by atoms with Crippen molar-refractivity contribution in [1.82, 2.24) is 20.0 Å². The van der Waals surface area contributed by atoms with Gasteiger partial charge in [-0.3, -0.25) is 9.99 Å². The van der Waals surface area contributed by atoms with Crippen molar-refractivity contribution in [2.24, 2.45) is 0 Å². The van der Waals surface area contributed by atoms with Crippen molar-refractivity contribution in [3.05, 3.63) is 48.3 Å². The van der Waals surface area contributed by atoms with Gasteiger partial charge in [-0.1, -0.05) is 18.2 Å². The van der Waals surface area contributed by atoms with Crippen molar-refractivity contribution in [1.29, 1.82) is 0 Å². The molecule has 0 saturated heterocycles. The summed E-state index contributed by atoms with van der Waals surface area (Å²) in [6.07, 6.45) is 2.92. The van der Waals surface area contributed by atoms with Gasteiger partial charge in [-0.05, 0) is 45.4 Å². The fourth-order valence-electron chi connectivity index (χ4n) is 2.42. The molecule has 7 nitrogen and oxygen atoms in total. The molecular formula is C18H21N5O2. The summed E-state index contributed by atoms with van der Waals surface area (Å²) in [6, 6.07) is 9.96. The van der Waals surface area contributed by atoms with Crippen LogP contribution in [0.5, 0.6) is 0 Å². The summed E-state index contributed by atoms with van der Waals surface area (Å²) >= 11 is 0. The van der Waals surface area contributed by atoms with Gasteiger partial charge in [0.25, 0.3) is 0 Å². The third-order valence-corrected chi connectivity index (χ3v) is 3.46. The zero-order valence-corrected chi connectivity index (χ0v) is 14.7. The summed E-state index contributed by atoms with van der Waals surface area (Å²) in [6.45, 7) is 7.45. The molecule has 0 fully saturated rings. The number of amides is 1. The summed E-state index contributed by atoms with van der Waals surface area (Å²) in [5.41, 5.74) is 8.27. The van der Waals surface area contributed by atoms with Crippen LogP contribution in [-0.2, 0) is 4.74 Å². The molecule has 1 aromatic carbocycles. The molecule has 0 aliphatic carbocycles. The maximum absolute atomic E-state index is 11.7. The SMILES string of the molecule is Cc1ccccc1-n1ccc2nc(NNC(=O)OC(C)(C)C)cnc21. The average Bonchev–Trinajstić information content (AvgIpc) is 2.95. The second kappa shape index (κ2) is 6.43. The third-order valence-electron chi connectivity index (χ3n) is 3.46. The van der Waals surface area contributed by atoms with Crippen LogP contribution < -0.4 is 10.9 Å². The number of carbonyl (C=O) groups is 1. The number of aryl methyl sites for hydroxylation is 1. The Morgan fingerprint density at radius 3 is 2.68 bits per heavy atom. The lowest BCUT2D eigenvalue weighted by molar-refractivity contribution is 0.0541. The molecule has 0 unspecified atom stereocenters. The summed E-state index contributed by atoms with van der Waals surface area (Å²) in [5, 5.41) is 0. The highest BCUT2D eigenvalue weighted by atomic mass is 16.6. The number of anilines is 1. The maximum atomic E-state index is 11.7. The minimum Gasteiger partial charge on any atom is -0.443 e. The van der Waals surface area contributed by atoms with Crippen LogP contribution in [0.3, 0.4) is 0 Å². The first-order chi connectivity index (χ1) is 11.8. The number of nitrogens with one attached hydrogen (secondary N) is 2. The van der Waals surface area contributed by atoms with Crippen molar-refractivity contribution in [2.45, 2.75) is 33.3 Å². The lowest BCUT2D eigenvalue weighted by atomic mass is 10.2. The van der Waals surface area contributed by atoms with E-state index in [0.29, 0.717) is 5.82 Å². The van der Waals surface area contributed by atoms with Gasteiger partial charge >= 0.3 is 6.09 Å². The highest BCUT2D eigenvalue weighted by Gasteiger charge is 2.16. The highest BCUT2D eigenvalue weighted by molar-refractivity contribution is 5.76. The number of para-hydroxylation sites is 1. The smallest absolute Gasteiger partial charge is 0.426 e. The number of aromatic nitrogens is 3. The fourth-order valence-corrected chi connectivity index (χ4v) is 2.42. The first-order valence-electron chi connectivity index (χ1n) is 7.98. The standard InChI is InChI=1S/C18H21N5O2/c1-12-7-5-6-8-14(12)23-10-9-13-16(23)19-11-15(20-13)21-22-17(24)25-18(2,3)4/h5-11H,1-4H3,(H,20,21)(H,22,24). The number of rotatable bonds is 3. The van der Waals surface area contributed by atoms with Gasteiger partial charge < -0.3 is 4.74 Å². The minimum absolute atomic E-state index is 0.431. The van der Waals surface area contributed by atoms with Crippen LogP contribution in [0.2, 0.25) is 0 Å². The van der Waals surface area contributed by atoms with E-state index in [0.717, 1.165) is 22.4 Å². The van der Waals surface area contributed by atoms with Crippen LogP contribution in [-0.4, -0.2) is 26.2 Å². The van der Waals surface area contributed by atoms with Crippen molar-refractivity contribution in [2.75, 3.05) is 5.43 Å². The van der Waals surface area contributed by atoms with Crippen molar-refractivity contribution < 1.29 is 9.53 Å². The van der Waals surface area contributed by atoms with Gasteiger partial charge in [0, 0.05) is 11.9 Å². The Morgan fingerprint density at radius 1 is 1.20 bits per heavy atom. The molecule has 0 spiro atoms. The number of benzene rings is 1. The van der Waals surface area contributed by atoms with E-state index in [4.69, 9.17) is 4.74 Å². The number of carbonyl (C=O) groups excluding carboxylic acids is 1. The molecule has 25 heavy (non-hydrogen) atoms. The maximum Gasteiger partial charge on any atom is 0.426 e. The summed E-state index contributed by atoms with van der Waals surface area (Å²) in [4.78, 5) is 20.6. The van der Waals surface area contributed by atoms with Crippen LogP contribution in [0.1, 0.15) is 26.3 Å². The molecule has 0 aliphatic heterocycles. The number of hydrogen-bond acceptors (Lipinski definition) is 5.